The van der Waals surface area contributed by atoms with Crippen molar-refractivity contribution in [3.8, 4) is 0 Å². The van der Waals surface area contributed by atoms with E-state index >= 15 is 0 Å². The second-order valence-corrected chi connectivity index (χ2v) is 5.37. The summed E-state index contributed by atoms with van der Waals surface area (Å²) in [6.45, 7) is 2.07. The second-order valence-electron chi connectivity index (χ2n) is 5.37. The van der Waals surface area contributed by atoms with Crippen LogP contribution in [-0.2, 0) is 6.42 Å². The summed E-state index contributed by atoms with van der Waals surface area (Å²) in [6.07, 6.45) is 3.69. The first-order chi connectivity index (χ1) is 12.2. The highest BCUT2D eigenvalue weighted by Gasteiger charge is 2.10. The van der Waals surface area contributed by atoms with Gasteiger partial charge < -0.3 is 10.6 Å². The maximum atomic E-state index is 13.6. The van der Waals surface area contributed by atoms with Crippen LogP contribution in [0.25, 0.3) is 0 Å². The van der Waals surface area contributed by atoms with Crippen molar-refractivity contribution in [2.24, 2.45) is 0 Å². The SMILES string of the molecule is CCc1ccccc1Nc1ncc(C(=O)Nc2ccccc2F)cn1. The van der Waals surface area contributed by atoms with Gasteiger partial charge in [-0.05, 0) is 30.2 Å². The molecule has 2 N–H and O–H groups in total. The fourth-order valence-corrected chi connectivity index (χ4v) is 2.34. The van der Waals surface area contributed by atoms with Crippen molar-refractivity contribution < 1.29 is 9.18 Å². The molecule has 6 heteroatoms. The zero-order valence-corrected chi connectivity index (χ0v) is 13.7. The highest BCUT2D eigenvalue weighted by atomic mass is 19.1. The molecule has 126 valence electrons. The fourth-order valence-electron chi connectivity index (χ4n) is 2.34. The molecule has 0 spiro atoms. The van der Waals surface area contributed by atoms with Crippen molar-refractivity contribution in [3.05, 3.63) is 77.9 Å². The van der Waals surface area contributed by atoms with Crippen LogP contribution < -0.4 is 10.6 Å². The number of carbonyl (C=O) groups excluding carboxylic acids is 1. The van der Waals surface area contributed by atoms with Crippen LogP contribution in [-0.4, -0.2) is 15.9 Å². The average molecular weight is 336 g/mol. The van der Waals surface area contributed by atoms with Gasteiger partial charge in [0.25, 0.3) is 5.91 Å². The second kappa shape index (κ2) is 7.53. The number of aryl methyl sites for hydroxylation is 1. The van der Waals surface area contributed by atoms with Crippen molar-refractivity contribution >= 4 is 23.2 Å². The van der Waals surface area contributed by atoms with Gasteiger partial charge in [-0.2, -0.15) is 0 Å². The number of nitrogens with one attached hydrogen (secondary N) is 2. The molecule has 3 rings (SSSR count). The summed E-state index contributed by atoms with van der Waals surface area (Å²) in [5, 5.41) is 5.63. The van der Waals surface area contributed by atoms with Crippen LogP contribution in [0.5, 0.6) is 0 Å². The van der Waals surface area contributed by atoms with Crippen molar-refractivity contribution in [1.29, 1.82) is 0 Å². The predicted molar refractivity (Wildman–Crippen MR) is 95.5 cm³/mol. The minimum absolute atomic E-state index is 0.117. The molecule has 1 aromatic heterocycles. The first-order valence-corrected chi connectivity index (χ1v) is 7.90. The summed E-state index contributed by atoms with van der Waals surface area (Å²) in [4.78, 5) is 20.5. The molecule has 0 aliphatic heterocycles. The predicted octanol–water partition coefficient (Wildman–Crippen LogP) is 4.17. The van der Waals surface area contributed by atoms with Gasteiger partial charge in [-0.3, -0.25) is 4.79 Å². The van der Waals surface area contributed by atoms with Crippen molar-refractivity contribution in [2.75, 3.05) is 10.6 Å². The van der Waals surface area contributed by atoms with Gasteiger partial charge >= 0.3 is 0 Å². The third-order valence-electron chi connectivity index (χ3n) is 3.68. The van der Waals surface area contributed by atoms with Crippen molar-refractivity contribution in [3.63, 3.8) is 0 Å². The molecule has 25 heavy (non-hydrogen) atoms. The van der Waals surface area contributed by atoms with Crippen LogP contribution in [0, 0.1) is 5.82 Å². The quantitative estimate of drug-likeness (QED) is 0.734. The Hall–Kier alpha value is -3.28. The zero-order valence-electron chi connectivity index (χ0n) is 13.7. The lowest BCUT2D eigenvalue weighted by Gasteiger charge is -2.10. The number of para-hydroxylation sites is 2. The number of aromatic nitrogens is 2. The smallest absolute Gasteiger partial charge is 0.258 e. The Balaban J connectivity index is 1.72. The Morgan fingerprint density at radius 3 is 2.32 bits per heavy atom. The molecule has 2 aromatic carbocycles. The molecule has 0 bridgehead atoms. The number of benzene rings is 2. The van der Waals surface area contributed by atoms with Crippen LogP contribution in [0.4, 0.5) is 21.7 Å². The van der Waals surface area contributed by atoms with Gasteiger partial charge in [-0.25, -0.2) is 14.4 Å². The summed E-state index contributed by atoms with van der Waals surface area (Å²) < 4.78 is 13.6. The highest BCUT2D eigenvalue weighted by Crippen LogP contribution is 2.19. The minimum atomic E-state index is -0.494. The van der Waals surface area contributed by atoms with Crippen LogP contribution in [0.3, 0.4) is 0 Å². The molecule has 0 fully saturated rings. The summed E-state index contributed by atoms with van der Waals surface area (Å²) in [7, 11) is 0. The summed E-state index contributed by atoms with van der Waals surface area (Å²) >= 11 is 0. The lowest BCUT2D eigenvalue weighted by Crippen LogP contribution is -2.14. The zero-order chi connectivity index (χ0) is 17.6. The monoisotopic (exact) mass is 336 g/mol. The topological polar surface area (TPSA) is 66.9 Å². The van der Waals surface area contributed by atoms with E-state index in [0.29, 0.717) is 5.95 Å². The molecule has 5 nitrogen and oxygen atoms in total. The number of hydrogen-bond donors (Lipinski definition) is 2. The Kier molecular flexibility index (Phi) is 4.99. The van der Waals surface area contributed by atoms with E-state index in [1.807, 2.05) is 24.3 Å². The molecule has 3 aromatic rings. The number of halogens is 1. The van der Waals surface area contributed by atoms with Crippen LogP contribution >= 0.6 is 0 Å². The van der Waals surface area contributed by atoms with Gasteiger partial charge in [0.1, 0.15) is 5.82 Å². The maximum absolute atomic E-state index is 13.6. The normalized spacial score (nSPS) is 10.3. The number of rotatable bonds is 5. The van der Waals surface area contributed by atoms with E-state index in [1.54, 1.807) is 12.1 Å². The van der Waals surface area contributed by atoms with Crippen LogP contribution in [0.2, 0.25) is 0 Å². The van der Waals surface area contributed by atoms with Crippen LogP contribution in [0.15, 0.2) is 60.9 Å². The Labute approximate surface area is 145 Å². The minimum Gasteiger partial charge on any atom is -0.324 e. The van der Waals surface area contributed by atoms with Crippen molar-refractivity contribution in [2.45, 2.75) is 13.3 Å². The molecule has 0 saturated heterocycles. The molecule has 0 atom stereocenters. The molecule has 0 aliphatic carbocycles. The number of nitrogens with zero attached hydrogens (tertiary/aromatic N) is 2. The molecule has 0 saturated carbocycles. The molecular weight excluding hydrogens is 319 g/mol. The van der Waals surface area contributed by atoms with E-state index < -0.39 is 11.7 Å². The molecule has 1 heterocycles. The van der Waals surface area contributed by atoms with E-state index in [9.17, 15) is 9.18 Å². The van der Waals surface area contributed by atoms with Gasteiger partial charge in [-0.15, -0.1) is 0 Å². The molecule has 1 amide bonds. The lowest BCUT2D eigenvalue weighted by molar-refractivity contribution is 0.102. The van der Waals surface area contributed by atoms with Gasteiger partial charge in [0, 0.05) is 18.1 Å². The average Bonchev–Trinajstić information content (AvgIpc) is 2.64. The standard InChI is InChI=1S/C19H17FN4O/c1-2-13-7-3-5-9-16(13)24-19-21-11-14(12-22-19)18(25)23-17-10-6-4-8-15(17)20/h3-12H,2H2,1H3,(H,23,25)(H,21,22,24). The Bertz CT molecular complexity index is 881. The largest absolute Gasteiger partial charge is 0.324 e. The Morgan fingerprint density at radius 1 is 1.00 bits per heavy atom. The van der Waals surface area contributed by atoms with Gasteiger partial charge in [0.15, 0.2) is 0 Å². The fraction of sp³-hybridized carbons (Fsp3) is 0.105. The van der Waals surface area contributed by atoms with Gasteiger partial charge in [-0.1, -0.05) is 37.3 Å². The van der Waals surface area contributed by atoms with Crippen LogP contribution in [0.1, 0.15) is 22.8 Å². The van der Waals surface area contributed by atoms with E-state index in [2.05, 4.69) is 27.5 Å². The molecule has 0 aliphatic rings. The third kappa shape index (κ3) is 3.98. The van der Waals surface area contributed by atoms with E-state index in [4.69, 9.17) is 0 Å². The molecular formula is C19H17FN4O. The number of carbonyl (C=O) groups is 1. The summed E-state index contributed by atoms with van der Waals surface area (Å²) in [6, 6.07) is 13.9. The molecule has 0 unspecified atom stereocenters. The van der Waals surface area contributed by atoms with Crippen molar-refractivity contribution in [1.82, 2.24) is 9.97 Å². The first-order valence-electron chi connectivity index (χ1n) is 7.90. The van der Waals surface area contributed by atoms with E-state index in [1.165, 1.54) is 24.5 Å². The third-order valence-corrected chi connectivity index (χ3v) is 3.68. The first kappa shape index (κ1) is 16.6. The van der Waals surface area contributed by atoms with E-state index in [-0.39, 0.29) is 11.3 Å². The summed E-state index contributed by atoms with van der Waals surface area (Å²) in [5.74, 6) is -0.569. The van der Waals surface area contributed by atoms with Gasteiger partial charge in [0.05, 0.1) is 11.3 Å². The number of anilines is 3. The maximum Gasteiger partial charge on any atom is 0.258 e. The number of hydrogen-bond acceptors (Lipinski definition) is 4. The molecule has 0 radical (unpaired) electrons. The lowest BCUT2D eigenvalue weighted by atomic mass is 10.1. The van der Waals surface area contributed by atoms with E-state index in [0.717, 1.165) is 17.7 Å². The van der Waals surface area contributed by atoms with Gasteiger partial charge in [0.2, 0.25) is 5.95 Å². The highest BCUT2D eigenvalue weighted by molar-refractivity contribution is 6.03. The Morgan fingerprint density at radius 2 is 1.64 bits per heavy atom. The summed E-state index contributed by atoms with van der Waals surface area (Å²) in [5.41, 5.74) is 2.44. The number of amides is 1.